The summed E-state index contributed by atoms with van der Waals surface area (Å²) in [4.78, 5) is 32.7. The molecule has 1 aliphatic rings. The summed E-state index contributed by atoms with van der Waals surface area (Å²) in [6.45, 7) is -0.748. The van der Waals surface area contributed by atoms with Crippen molar-refractivity contribution in [2.75, 3.05) is 37.9 Å². The zero-order valence-corrected chi connectivity index (χ0v) is 21.5. The fourth-order valence-electron chi connectivity index (χ4n) is 4.46. The summed E-state index contributed by atoms with van der Waals surface area (Å²) in [6.07, 6.45) is 3.90. The normalized spacial score (nSPS) is 17.8. The number of halogens is 1. The molecule has 0 aliphatic heterocycles. The molecule has 2 heterocycles. The van der Waals surface area contributed by atoms with E-state index in [-0.39, 0.29) is 42.3 Å². The smallest absolute Gasteiger partial charge is 0.294 e. The van der Waals surface area contributed by atoms with Gasteiger partial charge in [-0.15, -0.1) is 0 Å². The number of aliphatic hydroxyl groups is 2. The number of rotatable bonds is 9. The van der Waals surface area contributed by atoms with Gasteiger partial charge in [-0.25, -0.2) is 4.98 Å². The van der Waals surface area contributed by atoms with Crippen molar-refractivity contribution in [2.45, 2.75) is 37.8 Å². The Labute approximate surface area is 219 Å². The SMILES string of the molecule is CN(C)C1CCC(C(=O)Nc2c(C(=O)Nc3ccc(Cl)cn3)oc3ccc(OC(CO)CO)cc23)CC1. The quantitative estimate of drug-likeness (QED) is 0.330. The lowest BCUT2D eigenvalue weighted by Crippen LogP contribution is -2.35. The second-order valence-corrected chi connectivity index (χ2v) is 9.78. The van der Waals surface area contributed by atoms with E-state index in [1.807, 2.05) is 14.1 Å². The number of aromatic nitrogens is 1. The predicted molar refractivity (Wildman–Crippen MR) is 140 cm³/mol. The maximum Gasteiger partial charge on any atom is 0.294 e. The van der Waals surface area contributed by atoms with Crippen LogP contribution in [0.25, 0.3) is 11.0 Å². The zero-order valence-electron chi connectivity index (χ0n) is 20.7. The van der Waals surface area contributed by atoms with Gasteiger partial charge in [0.05, 0.1) is 18.2 Å². The third kappa shape index (κ3) is 6.40. The average molecular weight is 531 g/mol. The molecule has 0 unspecified atom stereocenters. The van der Waals surface area contributed by atoms with Crippen LogP contribution < -0.4 is 15.4 Å². The van der Waals surface area contributed by atoms with E-state index >= 15 is 0 Å². The number of carbonyl (C=O) groups is 2. The highest BCUT2D eigenvalue weighted by Gasteiger charge is 2.30. The van der Waals surface area contributed by atoms with Gasteiger partial charge in [-0.05, 0) is 70.1 Å². The van der Waals surface area contributed by atoms with Crippen LogP contribution in [0.5, 0.6) is 5.75 Å². The van der Waals surface area contributed by atoms with E-state index in [1.54, 1.807) is 30.3 Å². The third-order valence-electron chi connectivity index (χ3n) is 6.59. The van der Waals surface area contributed by atoms with Crippen molar-refractivity contribution in [3.8, 4) is 5.75 Å². The van der Waals surface area contributed by atoms with E-state index in [4.69, 9.17) is 20.8 Å². The standard InChI is InChI=1S/C26H31ClN4O6/c1-31(2)17-6-3-15(4-7-17)25(34)30-23-20-11-18(36-19(13-32)14-33)8-9-21(20)37-24(23)26(35)29-22-10-5-16(27)12-28-22/h5,8-12,15,17,19,32-33H,3-4,6-7,13-14H2,1-2H3,(H,30,34)(H,28,29,35). The van der Waals surface area contributed by atoms with Gasteiger partial charge in [0, 0.05) is 23.5 Å². The molecule has 0 saturated heterocycles. The number of aliphatic hydroxyl groups excluding tert-OH is 2. The highest BCUT2D eigenvalue weighted by Crippen LogP contribution is 2.36. The van der Waals surface area contributed by atoms with Crippen LogP contribution in [-0.4, -0.2) is 71.4 Å². The Hall–Kier alpha value is -3.18. The molecule has 0 radical (unpaired) electrons. The largest absolute Gasteiger partial charge is 0.486 e. The topological polar surface area (TPSA) is 137 Å². The average Bonchev–Trinajstić information content (AvgIpc) is 3.26. The van der Waals surface area contributed by atoms with E-state index in [9.17, 15) is 19.8 Å². The van der Waals surface area contributed by atoms with Gasteiger partial charge in [0.1, 0.15) is 28.9 Å². The molecule has 0 bridgehead atoms. The molecule has 4 rings (SSSR count). The molecule has 2 aromatic heterocycles. The number of benzene rings is 1. The summed E-state index contributed by atoms with van der Waals surface area (Å²) >= 11 is 5.89. The first-order valence-corrected chi connectivity index (χ1v) is 12.5. The van der Waals surface area contributed by atoms with Crippen LogP contribution in [0.1, 0.15) is 36.2 Å². The fraction of sp³-hybridized carbons (Fsp3) is 0.423. The molecule has 1 fully saturated rings. The molecular weight excluding hydrogens is 500 g/mol. The number of hydrogen-bond donors (Lipinski definition) is 4. The van der Waals surface area contributed by atoms with Gasteiger partial charge in [0.25, 0.3) is 5.91 Å². The predicted octanol–water partition coefficient (Wildman–Crippen LogP) is 3.52. The van der Waals surface area contributed by atoms with Crippen LogP contribution in [0.4, 0.5) is 11.5 Å². The number of furan rings is 1. The Balaban J connectivity index is 1.64. The maximum absolute atomic E-state index is 13.3. The van der Waals surface area contributed by atoms with E-state index in [0.29, 0.717) is 27.8 Å². The molecule has 0 spiro atoms. The minimum absolute atomic E-state index is 0.0832. The van der Waals surface area contributed by atoms with Crippen LogP contribution in [-0.2, 0) is 4.79 Å². The third-order valence-corrected chi connectivity index (χ3v) is 6.81. The lowest BCUT2D eigenvalue weighted by Gasteiger charge is -2.31. The van der Waals surface area contributed by atoms with E-state index in [2.05, 4.69) is 20.5 Å². The van der Waals surface area contributed by atoms with E-state index < -0.39 is 12.0 Å². The van der Waals surface area contributed by atoms with Gasteiger partial charge < -0.3 is 34.9 Å². The van der Waals surface area contributed by atoms with Crippen LogP contribution in [0.3, 0.4) is 0 Å². The Morgan fingerprint density at radius 1 is 1.14 bits per heavy atom. The molecule has 1 aromatic carbocycles. The lowest BCUT2D eigenvalue weighted by atomic mass is 9.85. The van der Waals surface area contributed by atoms with Crippen LogP contribution in [0.15, 0.2) is 40.9 Å². The minimum Gasteiger partial charge on any atom is -0.486 e. The van der Waals surface area contributed by atoms with Crippen molar-refractivity contribution in [1.29, 1.82) is 0 Å². The van der Waals surface area contributed by atoms with Gasteiger partial charge in [-0.2, -0.15) is 0 Å². The molecule has 4 N–H and O–H groups in total. The van der Waals surface area contributed by atoms with Crippen molar-refractivity contribution in [1.82, 2.24) is 9.88 Å². The molecule has 10 nitrogen and oxygen atoms in total. The lowest BCUT2D eigenvalue weighted by molar-refractivity contribution is -0.121. The Morgan fingerprint density at radius 3 is 2.49 bits per heavy atom. The van der Waals surface area contributed by atoms with Crippen molar-refractivity contribution in [3.05, 3.63) is 47.3 Å². The fourth-order valence-corrected chi connectivity index (χ4v) is 4.57. The number of hydrogen-bond acceptors (Lipinski definition) is 8. The van der Waals surface area contributed by atoms with Gasteiger partial charge in [-0.1, -0.05) is 11.6 Å². The van der Waals surface area contributed by atoms with Crippen molar-refractivity contribution in [2.24, 2.45) is 5.92 Å². The second-order valence-electron chi connectivity index (χ2n) is 9.34. The number of nitrogens with zero attached hydrogens (tertiary/aromatic N) is 2. The van der Waals surface area contributed by atoms with Crippen LogP contribution in [0.2, 0.25) is 5.02 Å². The summed E-state index contributed by atoms with van der Waals surface area (Å²) in [5.41, 5.74) is 0.578. The van der Waals surface area contributed by atoms with Crippen molar-refractivity contribution in [3.63, 3.8) is 0 Å². The molecule has 37 heavy (non-hydrogen) atoms. The number of ether oxygens (including phenoxy) is 1. The molecule has 1 saturated carbocycles. The monoisotopic (exact) mass is 530 g/mol. The Morgan fingerprint density at radius 2 is 1.86 bits per heavy atom. The van der Waals surface area contributed by atoms with Crippen LogP contribution in [0, 0.1) is 5.92 Å². The molecule has 0 atom stereocenters. The Kier molecular flexibility index (Phi) is 8.65. The van der Waals surface area contributed by atoms with E-state index in [0.717, 1.165) is 25.7 Å². The number of nitrogens with one attached hydrogen (secondary N) is 2. The first-order chi connectivity index (χ1) is 17.8. The maximum atomic E-state index is 13.3. The highest BCUT2D eigenvalue weighted by molar-refractivity contribution is 6.30. The van der Waals surface area contributed by atoms with Gasteiger partial charge in [-0.3, -0.25) is 9.59 Å². The summed E-state index contributed by atoms with van der Waals surface area (Å²) in [7, 11) is 4.09. The number of anilines is 2. The number of fused-ring (bicyclic) bond motifs is 1. The minimum atomic E-state index is -0.812. The van der Waals surface area contributed by atoms with Crippen molar-refractivity contribution >= 4 is 45.9 Å². The van der Waals surface area contributed by atoms with Gasteiger partial charge >= 0.3 is 0 Å². The molecule has 1 aliphatic carbocycles. The summed E-state index contributed by atoms with van der Waals surface area (Å²) in [5.74, 6) is -0.443. The summed E-state index contributed by atoms with van der Waals surface area (Å²) < 4.78 is 11.5. The zero-order chi connectivity index (χ0) is 26.5. The first-order valence-electron chi connectivity index (χ1n) is 12.1. The molecule has 198 valence electrons. The summed E-state index contributed by atoms with van der Waals surface area (Å²) in [6, 6.07) is 8.40. The number of pyridine rings is 1. The van der Waals surface area contributed by atoms with Gasteiger partial charge in [0.15, 0.2) is 0 Å². The molecule has 2 amide bonds. The first kappa shape index (κ1) is 26.9. The molecule has 11 heteroatoms. The van der Waals surface area contributed by atoms with E-state index in [1.165, 1.54) is 6.20 Å². The molecule has 3 aromatic rings. The summed E-state index contributed by atoms with van der Waals surface area (Å²) in [5, 5.41) is 25.2. The van der Waals surface area contributed by atoms with Gasteiger partial charge in [0.2, 0.25) is 11.7 Å². The van der Waals surface area contributed by atoms with Crippen molar-refractivity contribution < 1.29 is 29.0 Å². The number of carbonyl (C=O) groups excluding carboxylic acids is 2. The van der Waals surface area contributed by atoms with Crippen LogP contribution >= 0.6 is 11.6 Å². The highest BCUT2D eigenvalue weighted by atomic mass is 35.5. The molecular formula is C26H31ClN4O6. The Bertz CT molecular complexity index is 1230. The second kappa shape index (κ2) is 11.9. The number of amides is 2.